The molecular weight excluding hydrogens is 278 g/mol. The molecule has 20 heavy (non-hydrogen) atoms. The topological polar surface area (TPSA) is 87.5 Å². The number of thiophene rings is 1. The molecule has 0 radical (unpaired) electrons. The highest BCUT2D eigenvalue weighted by molar-refractivity contribution is 7.10. The number of aliphatic hydroxyl groups excluding tert-OH is 1. The second-order valence-corrected chi connectivity index (χ2v) is 4.99. The van der Waals surface area contributed by atoms with Gasteiger partial charge in [0, 0.05) is 40.2 Å². The average molecular weight is 289 g/mol. The average Bonchev–Trinajstić information content (AvgIpc) is 2.88. The molecule has 0 fully saturated rings. The van der Waals surface area contributed by atoms with E-state index >= 15 is 0 Å². The number of carboxylic acids is 1. The summed E-state index contributed by atoms with van der Waals surface area (Å²) in [5.41, 5.74) is 1.32. The molecule has 2 aromatic heterocycles. The Morgan fingerprint density at radius 3 is 2.75 bits per heavy atom. The quantitative estimate of drug-likeness (QED) is 0.501. The van der Waals surface area contributed by atoms with Gasteiger partial charge in [0.2, 0.25) is 0 Å². The molecule has 0 aliphatic carbocycles. The minimum absolute atomic E-state index is 0.346. The number of carbonyl (C=O) groups excluding carboxylic acids is 1. The standard InChI is InChI=1S/C14H11NO4S/c16-12(7-13(17)14(18)19)9-5-11(20-8-9)6-10-3-1-2-4-15-10/h1-5,7-8,16H,6H2,(H,18,19). The summed E-state index contributed by atoms with van der Waals surface area (Å²) >= 11 is 1.41. The number of hydrogen-bond acceptors (Lipinski definition) is 5. The number of ketones is 1. The fourth-order valence-corrected chi connectivity index (χ4v) is 2.45. The van der Waals surface area contributed by atoms with Gasteiger partial charge < -0.3 is 10.2 Å². The van der Waals surface area contributed by atoms with Crippen molar-refractivity contribution in [3.8, 4) is 0 Å². The SMILES string of the molecule is O=C(O)C(=O)C=C(O)c1csc(Cc2ccccn2)c1. The molecule has 0 saturated carbocycles. The first-order valence-electron chi connectivity index (χ1n) is 5.72. The lowest BCUT2D eigenvalue weighted by atomic mass is 10.2. The largest absolute Gasteiger partial charge is 0.507 e. The lowest BCUT2D eigenvalue weighted by molar-refractivity contribution is -0.146. The Bertz CT molecular complexity index is 661. The summed E-state index contributed by atoms with van der Waals surface area (Å²) in [6, 6.07) is 7.32. The second-order valence-electron chi connectivity index (χ2n) is 4.00. The van der Waals surface area contributed by atoms with Crippen molar-refractivity contribution < 1.29 is 19.8 Å². The fraction of sp³-hybridized carbons (Fsp3) is 0.0714. The predicted molar refractivity (Wildman–Crippen MR) is 74.6 cm³/mol. The van der Waals surface area contributed by atoms with Crippen molar-refractivity contribution in [1.29, 1.82) is 0 Å². The molecule has 2 heterocycles. The Labute approximate surface area is 118 Å². The molecule has 0 bridgehead atoms. The summed E-state index contributed by atoms with van der Waals surface area (Å²) in [6.07, 6.45) is 3.02. The number of aliphatic carboxylic acids is 1. The van der Waals surface area contributed by atoms with E-state index in [1.807, 2.05) is 18.2 Å². The monoisotopic (exact) mass is 289 g/mol. The molecule has 102 valence electrons. The minimum Gasteiger partial charge on any atom is -0.507 e. The van der Waals surface area contributed by atoms with E-state index in [0.29, 0.717) is 18.1 Å². The first kappa shape index (κ1) is 14.0. The number of carboxylic acid groups (broad SMARTS) is 1. The Morgan fingerprint density at radius 2 is 2.10 bits per heavy atom. The zero-order chi connectivity index (χ0) is 14.5. The van der Waals surface area contributed by atoms with Crippen molar-refractivity contribution in [2.45, 2.75) is 6.42 Å². The summed E-state index contributed by atoms with van der Waals surface area (Å²) < 4.78 is 0. The van der Waals surface area contributed by atoms with Crippen LogP contribution < -0.4 is 0 Å². The van der Waals surface area contributed by atoms with Crippen LogP contribution in [0.15, 0.2) is 41.9 Å². The fourth-order valence-electron chi connectivity index (χ4n) is 1.56. The highest BCUT2D eigenvalue weighted by Crippen LogP contribution is 2.22. The summed E-state index contributed by atoms with van der Waals surface area (Å²) in [4.78, 5) is 26.5. The Kier molecular flexibility index (Phi) is 4.27. The van der Waals surface area contributed by atoms with Crippen LogP contribution in [-0.4, -0.2) is 26.9 Å². The zero-order valence-corrected chi connectivity index (χ0v) is 11.1. The molecule has 2 N–H and O–H groups in total. The number of rotatable bonds is 5. The summed E-state index contributed by atoms with van der Waals surface area (Å²) in [5, 5.41) is 19.8. The maximum Gasteiger partial charge on any atom is 0.376 e. The number of pyridine rings is 1. The van der Waals surface area contributed by atoms with E-state index in [-0.39, 0.29) is 5.76 Å². The van der Waals surface area contributed by atoms with Crippen LogP contribution in [0.2, 0.25) is 0 Å². The van der Waals surface area contributed by atoms with E-state index in [1.165, 1.54) is 11.3 Å². The normalized spacial score (nSPS) is 11.3. The van der Waals surface area contributed by atoms with E-state index in [4.69, 9.17) is 5.11 Å². The van der Waals surface area contributed by atoms with Gasteiger partial charge in [0.1, 0.15) is 5.76 Å². The first-order valence-corrected chi connectivity index (χ1v) is 6.60. The molecule has 6 heteroatoms. The Hall–Kier alpha value is -2.47. The predicted octanol–water partition coefficient (Wildman–Crippen LogP) is 2.29. The molecule has 0 saturated heterocycles. The number of carbonyl (C=O) groups is 2. The van der Waals surface area contributed by atoms with Crippen LogP contribution in [0.25, 0.3) is 5.76 Å². The van der Waals surface area contributed by atoms with Gasteiger partial charge in [-0.15, -0.1) is 11.3 Å². The molecule has 0 unspecified atom stereocenters. The zero-order valence-electron chi connectivity index (χ0n) is 10.3. The lowest BCUT2D eigenvalue weighted by Gasteiger charge is -1.96. The van der Waals surface area contributed by atoms with Gasteiger partial charge in [-0.1, -0.05) is 6.07 Å². The molecule has 0 aliphatic rings. The Balaban J connectivity index is 2.13. The van der Waals surface area contributed by atoms with Gasteiger partial charge in [-0.25, -0.2) is 4.79 Å². The van der Waals surface area contributed by atoms with Gasteiger partial charge in [-0.2, -0.15) is 0 Å². The van der Waals surface area contributed by atoms with E-state index in [1.54, 1.807) is 17.6 Å². The third-order valence-corrected chi connectivity index (χ3v) is 3.45. The third kappa shape index (κ3) is 3.52. The van der Waals surface area contributed by atoms with Crippen molar-refractivity contribution in [2.24, 2.45) is 0 Å². The van der Waals surface area contributed by atoms with Gasteiger partial charge in [0.05, 0.1) is 0 Å². The van der Waals surface area contributed by atoms with Crippen molar-refractivity contribution in [3.63, 3.8) is 0 Å². The number of hydrogen-bond donors (Lipinski definition) is 2. The minimum atomic E-state index is -1.60. The van der Waals surface area contributed by atoms with E-state index in [0.717, 1.165) is 10.6 Å². The summed E-state index contributed by atoms with van der Waals surface area (Å²) in [5.74, 6) is -3.10. The molecule has 0 atom stereocenters. The van der Waals surface area contributed by atoms with Crippen LogP contribution >= 0.6 is 11.3 Å². The van der Waals surface area contributed by atoms with Crippen LogP contribution in [0, 0.1) is 0 Å². The first-order chi connectivity index (χ1) is 9.56. The smallest absolute Gasteiger partial charge is 0.376 e. The van der Waals surface area contributed by atoms with Crippen LogP contribution in [-0.2, 0) is 16.0 Å². The van der Waals surface area contributed by atoms with Gasteiger partial charge in [0.15, 0.2) is 0 Å². The molecule has 0 aromatic carbocycles. The maximum atomic E-state index is 11.0. The Morgan fingerprint density at radius 1 is 1.30 bits per heavy atom. The number of aromatic nitrogens is 1. The van der Waals surface area contributed by atoms with Crippen molar-refractivity contribution in [1.82, 2.24) is 4.98 Å². The van der Waals surface area contributed by atoms with E-state index < -0.39 is 11.8 Å². The molecule has 2 aromatic rings. The number of aliphatic hydroxyl groups is 1. The van der Waals surface area contributed by atoms with Crippen LogP contribution in [0.3, 0.4) is 0 Å². The van der Waals surface area contributed by atoms with Crippen molar-refractivity contribution in [3.05, 3.63) is 58.1 Å². The molecule has 2 rings (SSSR count). The van der Waals surface area contributed by atoms with Crippen molar-refractivity contribution in [2.75, 3.05) is 0 Å². The van der Waals surface area contributed by atoms with Crippen molar-refractivity contribution >= 4 is 28.8 Å². The third-order valence-electron chi connectivity index (χ3n) is 2.51. The molecular formula is C14H11NO4S. The van der Waals surface area contributed by atoms with Crippen LogP contribution in [0.5, 0.6) is 0 Å². The van der Waals surface area contributed by atoms with E-state index in [2.05, 4.69) is 4.98 Å². The van der Waals surface area contributed by atoms with Gasteiger partial charge in [0.25, 0.3) is 5.78 Å². The summed E-state index contributed by atoms with van der Waals surface area (Å²) in [7, 11) is 0. The molecule has 0 amide bonds. The lowest BCUT2D eigenvalue weighted by Crippen LogP contribution is -2.09. The highest BCUT2D eigenvalue weighted by Gasteiger charge is 2.12. The molecule has 0 aliphatic heterocycles. The van der Waals surface area contributed by atoms with Crippen LogP contribution in [0.1, 0.15) is 16.1 Å². The molecule has 0 spiro atoms. The second kappa shape index (κ2) is 6.12. The van der Waals surface area contributed by atoms with Crippen LogP contribution in [0.4, 0.5) is 0 Å². The van der Waals surface area contributed by atoms with Gasteiger partial charge in [-0.3, -0.25) is 9.78 Å². The maximum absolute atomic E-state index is 11.0. The van der Waals surface area contributed by atoms with E-state index in [9.17, 15) is 14.7 Å². The summed E-state index contributed by atoms with van der Waals surface area (Å²) in [6.45, 7) is 0. The number of nitrogens with zero attached hydrogens (tertiary/aromatic N) is 1. The highest BCUT2D eigenvalue weighted by atomic mass is 32.1. The molecule has 5 nitrogen and oxygen atoms in total. The van der Waals surface area contributed by atoms with Gasteiger partial charge in [-0.05, 0) is 18.2 Å². The van der Waals surface area contributed by atoms with Gasteiger partial charge >= 0.3 is 5.97 Å².